The third kappa shape index (κ3) is 7.53. The van der Waals surface area contributed by atoms with Gasteiger partial charge in [0.2, 0.25) is 12.7 Å². The van der Waals surface area contributed by atoms with E-state index in [-0.39, 0.29) is 43.8 Å². The molecule has 5 rings (SSSR count). The van der Waals surface area contributed by atoms with Crippen LogP contribution < -0.4 is 29.6 Å². The fraction of sp³-hybridized carbons (Fsp3) is 0.394. The molecule has 3 N–H and O–H groups in total. The Morgan fingerprint density at radius 1 is 1.05 bits per heavy atom. The van der Waals surface area contributed by atoms with E-state index in [1.54, 1.807) is 48.4 Å². The Balaban J connectivity index is 1.33. The molecule has 0 spiro atoms. The van der Waals surface area contributed by atoms with Gasteiger partial charge >= 0.3 is 6.03 Å². The van der Waals surface area contributed by atoms with Crippen LogP contribution in [0.5, 0.6) is 23.0 Å². The molecule has 0 saturated carbocycles. The number of anilines is 2. The van der Waals surface area contributed by atoms with Crippen LogP contribution in [0.1, 0.15) is 25.0 Å². The van der Waals surface area contributed by atoms with Crippen molar-refractivity contribution in [3.8, 4) is 23.0 Å². The Morgan fingerprint density at radius 3 is 2.43 bits per heavy atom. The number of likely N-dealkylation sites (N-methyl/N-ethyl adjacent to an activating group) is 1. The first-order valence-electron chi connectivity index (χ1n) is 14.7. The fourth-order valence-electron chi connectivity index (χ4n) is 5.41. The van der Waals surface area contributed by atoms with Crippen LogP contribution in [0.4, 0.5) is 16.2 Å². The second-order valence-electron chi connectivity index (χ2n) is 11.4. The lowest BCUT2D eigenvalue weighted by Gasteiger charge is -2.34. The minimum Gasteiger partial charge on any atom is -0.497 e. The number of ether oxygens (including phenoxy) is 4. The molecular formula is C33H40N4O7. The SMILES string of the molecule is COc1ccc(CN(C)C[C@@H]2Oc3ccc(NC(=O)Nc4ccc5c(c4)OCO5)cc3CC(=O)N([C@H](C)CO)C[C@H]2C)cc1. The van der Waals surface area contributed by atoms with Gasteiger partial charge in [-0.3, -0.25) is 9.69 Å². The van der Waals surface area contributed by atoms with E-state index >= 15 is 0 Å². The topological polar surface area (TPSA) is 122 Å². The van der Waals surface area contributed by atoms with Crippen molar-refractivity contribution in [1.29, 1.82) is 0 Å². The summed E-state index contributed by atoms with van der Waals surface area (Å²) in [6.45, 7) is 5.67. The van der Waals surface area contributed by atoms with Crippen molar-refractivity contribution in [2.24, 2.45) is 5.92 Å². The van der Waals surface area contributed by atoms with Gasteiger partial charge in [0.1, 0.15) is 17.6 Å². The molecule has 44 heavy (non-hydrogen) atoms. The van der Waals surface area contributed by atoms with E-state index < -0.39 is 6.03 Å². The van der Waals surface area contributed by atoms with Crippen molar-refractivity contribution >= 4 is 23.3 Å². The molecule has 0 bridgehead atoms. The first-order chi connectivity index (χ1) is 21.2. The van der Waals surface area contributed by atoms with E-state index in [0.717, 1.165) is 11.3 Å². The number of rotatable bonds is 9. The van der Waals surface area contributed by atoms with Crippen LogP contribution in [-0.4, -0.2) is 79.6 Å². The summed E-state index contributed by atoms with van der Waals surface area (Å²) in [5.74, 6) is 2.45. The lowest BCUT2D eigenvalue weighted by Crippen LogP contribution is -2.47. The molecule has 0 fully saturated rings. The average Bonchev–Trinajstić information content (AvgIpc) is 3.49. The van der Waals surface area contributed by atoms with Gasteiger partial charge in [0.05, 0.1) is 26.2 Å². The fourth-order valence-corrected chi connectivity index (χ4v) is 5.41. The largest absolute Gasteiger partial charge is 0.497 e. The third-order valence-corrected chi connectivity index (χ3v) is 7.91. The van der Waals surface area contributed by atoms with Crippen LogP contribution in [0.2, 0.25) is 0 Å². The van der Waals surface area contributed by atoms with Crippen LogP contribution in [0.3, 0.4) is 0 Å². The minimum absolute atomic E-state index is 0.0255. The summed E-state index contributed by atoms with van der Waals surface area (Å²) >= 11 is 0. The van der Waals surface area contributed by atoms with E-state index in [0.29, 0.717) is 53.8 Å². The number of urea groups is 1. The van der Waals surface area contributed by atoms with Crippen molar-refractivity contribution in [2.75, 3.05) is 51.3 Å². The third-order valence-electron chi connectivity index (χ3n) is 7.91. The Bertz CT molecular complexity index is 1460. The summed E-state index contributed by atoms with van der Waals surface area (Å²) < 4.78 is 22.6. The summed E-state index contributed by atoms with van der Waals surface area (Å²) in [5.41, 5.74) is 2.87. The molecule has 0 saturated heterocycles. The lowest BCUT2D eigenvalue weighted by molar-refractivity contribution is -0.134. The van der Waals surface area contributed by atoms with Crippen molar-refractivity contribution < 1.29 is 33.6 Å². The van der Waals surface area contributed by atoms with Crippen LogP contribution in [0.15, 0.2) is 60.7 Å². The summed E-state index contributed by atoms with van der Waals surface area (Å²) in [4.78, 5) is 30.3. The smallest absolute Gasteiger partial charge is 0.323 e. The zero-order chi connectivity index (χ0) is 31.2. The molecule has 0 unspecified atom stereocenters. The van der Waals surface area contributed by atoms with Crippen LogP contribution in [0, 0.1) is 5.92 Å². The standard InChI is InChI=1S/C33H40N4O7/c1-21-16-37(22(2)19-38)32(39)14-24-13-25(34-33(40)35-26-8-12-29-30(15-26)43-20-42-29)7-11-28(24)44-31(21)18-36(3)17-23-5-9-27(41-4)10-6-23/h5-13,15,21-22,31,38H,14,16-20H2,1-4H3,(H2,34,35,40)/t21-,22-,31+/m1/s1. The predicted molar refractivity (Wildman–Crippen MR) is 167 cm³/mol. The van der Waals surface area contributed by atoms with Crippen LogP contribution in [0.25, 0.3) is 0 Å². The minimum atomic E-state index is -0.443. The van der Waals surface area contributed by atoms with Gasteiger partial charge in [-0.25, -0.2) is 4.79 Å². The Morgan fingerprint density at radius 2 is 1.73 bits per heavy atom. The summed E-state index contributed by atoms with van der Waals surface area (Å²) in [6, 6.07) is 17.7. The van der Waals surface area contributed by atoms with E-state index in [1.165, 1.54) is 0 Å². The molecule has 3 amide bonds. The molecule has 2 heterocycles. The monoisotopic (exact) mass is 604 g/mol. The second kappa shape index (κ2) is 13.9. The highest BCUT2D eigenvalue weighted by atomic mass is 16.7. The number of aliphatic hydroxyl groups is 1. The van der Waals surface area contributed by atoms with Gasteiger partial charge in [-0.1, -0.05) is 19.1 Å². The average molecular weight is 605 g/mol. The van der Waals surface area contributed by atoms with E-state index in [9.17, 15) is 14.7 Å². The lowest BCUT2D eigenvalue weighted by atomic mass is 10.0. The number of nitrogens with one attached hydrogen (secondary N) is 2. The first kappa shape index (κ1) is 31.0. The van der Waals surface area contributed by atoms with Gasteiger partial charge in [0.15, 0.2) is 11.5 Å². The maximum atomic E-state index is 13.5. The molecule has 11 nitrogen and oxygen atoms in total. The van der Waals surface area contributed by atoms with Crippen molar-refractivity contribution in [3.63, 3.8) is 0 Å². The number of aliphatic hydroxyl groups excluding tert-OH is 1. The number of carbonyl (C=O) groups excluding carboxylic acids is 2. The molecule has 3 aromatic carbocycles. The zero-order valence-corrected chi connectivity index (χ0v) is 25.5. The van der Waals surface area contributed by atoms with Gasteiger partial charge in [0, 0.05) is 48.6 Å². The predicted octanol–water partition coefficient (Wildman–Crippen LogP) is 4.35. The molecule has 3 aromatic rings. The Kier molecular flexibility index (Phi) is 9.76. The van der Waals surface area contributed by atoms with Crippen molar-refractivity contribution in [1.82, 2.24) is 9.80 Å². The highest BCUT2D eigenvalue weighted by molar-refractivity contribution is 6.00. The number of fused-ring (bicyclic) bond motifs is 2. The van der Waals surface area contributed by atoms with E-state index in [4.69, 9.17) is 18.9 Å². The maximum Gasteiger partial charge on any atom is 0.323 e. The van der Waals surface area contributed by atoms with E-state index in [2.05, 4.69) is 22.5 Å². The molecule has 0 aliphatic carbocycles. The molecule has 0 aromatic heterocycles. The van der Waals surface area contributed by atoms with Crippen LogP contribution in [-0.2, 0) is 17.8 Å². The highest BCUT2D eigenvalue weighted by Crippen LogP contribution is 2.34. The highest BCUT2D eigenvalue weighted by Gasteiger charge is 2.31. The second-order valence-corrected chi connectivity index (χ2v) is 11.4. The van der Waals surface area contributed by atoms with Gasteiger partial charge in [-0.05, 0) is 62.0 Å². The van der Waals surface area contributed by atoms with Gasteiger partial charge in [-0.2, -0.15) is 0 Å². The van der Waals surface area contributed by atoms with Gasteiger partial charge in [-0.15, -0.1) is 0 Å². The molecule has 3 atom stereocenters. The summed E-state index contributed by atoms with van der Waals surface area (Å²) in [7, 11) is 3.69. The van der Waals surface area contributed by atoms with E-state index in [1.807, 2.05) is 38.2 Å². The van der Waals surface area contributed by atoms with Gasteiger partial charge in [0.25, 0.3) is 0 Å². The Labute approximate surface area is 257 Å². The summed E-state index contributed by atoms with van der Waals surface area (Å²) in [6.07, 6.45) is -0.176. The number of nitrogens with zero attached hydrogens (tertiary/aromatic N) is 2. The zero-order valence-electron chi connectivity index (χ0n) is 25.5. The Hall–Kier alpha value is -4.48. The van der Waals surface area contributed by atoms with Crippen molar-refractivity contribution in [2.45, 2.75) is 39.0 Å². The van der Waals surface area contributed by atoms with Crippen LogP contribution >= 0.6 is 0 Å². The summed E-state index contributed by atoms with van der Waals surface area (Å²) in [5, 5.41) is 15.6. The molecule has 11 heteroatoms. The normalized spacial score (nSPS) is 18.4. The quantitative estimate of drug-likeness (QED) is 0.330. The molecular weight excluding hydrogens is 564 g/mol. The number of amides is 3. The number of carbonyl (C=O) groups is 2. The van der Waals surface area contributed by atoms with Gasteiger partial charge < -0.3 is 39.6 Å². The molecule has 0 radical (unpaired) electrons. The number of hydrogen-bond donors (Lipinski definition) is 3. The number of benzene rings is 3. The number of methoxy groups -OCH3 is 1. The number of hydrogen-bond acceptors (Lipinski definition) is 8. The first-order valence-corrected chi connectivity index (χ1v) is 14.7. The maximum absolute atomic E-state index is 13.5. The molecule has 234 valence electrons. The molecule has 2 aliphatic rings. The van der Waals surface area contributed by atoms with Crippen molar-refractivity contribution in [3.05, 3.63) is 71.8 Å². The molecule has 2 aliphatic heterocycles.